The number of furan rings is 1. The Morgan fingerprint density at radius 3 is 1.96 bits per heavy atom. The molecule has 0 N–H and O–H groups in total. The van der Waals surface area contributed by atoms with E-state index in [1.165, 1.54) is 55.3 Å². The van der Waals surface area contributed by atoms with Crippen molar-refractivity contribution in [2.24, 2.45) is 0 Å². The Hall–Kier alpha value is -6.38. The van der Waals surface area contributed by atoms with Crippen LogP contribution in [0.25, 0.3) is 66.1 Å². The van der Waals surface area contributed by atoms with E-state index in [1.807, 2.05) is 6.07 Å². The average Bonchev–Trinajstić information content (AvgIpc) is 3.67. The minimum Gasteiger partial charge on any atom is -0.456 e. The van der Waals surface area contributed by atoms with Crippen LogP contribution in [-0.4, -0.2) is 0 Å². The second kappa shape index (κ2) is 11.3. The fourth-order valence-electron chi connectivity index (χ4n) is 8.25. The second-order valence-corrected chi connectivity index (χ2v) is 14.2. The molecule has 0 saturated carbocycles. The monoisotopic (exact) mass is 653 g/mol. The van der Waals surface area contributed by atoms with Crippen molar-refractivity contribution in [3.05, 3.63) is 187 Å². The van der Waals surface area contributed by atoms with Gasteiger partial charge in [-0.15, -0.1) is 0 Å². The van der Waals surface area contributed by atoms with E-state index in [1.54, 1.807) is 0 Å². The number of hydrogen-bond donors (Lipinski definition) is 0. The van der Waals surface area contributed by atoms with Gasteiger partial charge in [-0.2, -0.15) is 0 Å². The molecular formula is C49H35NO. The van der Waals surface area contributed by atoms with E-state index in [-0.39, 0.29) is 5.41 Å². The molecule has 0 atom stereocenters. The molecule has 9 aromatic rings. The average molecular weight is 654 g/mol. The van der Waals surface area contributed by atoms with Gasteiger partial charge in [-0.05, 0) is 110 Å². The van der Waals surface area contributed by atoms with Gasteiger partial charge in [0.15, 0.2) is 0 Å². The van der Waals surface area contributed by atoms with Crippen LogP contribution in [0.2, 0.25) is 0 Å². The van der Waals surface area contributed by atoms with Crippen molar-refractivity contribution >= 4 is 49.8 Å². The highest BCUT2D eigenvalue weighted by Crippen LogP contribution is 2.51. The van der Waals surface area contributed by atoms with Gasteiger partial charge in [0.2, 0.25) is 0 Å². The standard InChI is InChI=1S/C49H35NO/c1-49(2)43-17-7-5-15-40(43)41-28-27-39(31-44(41)49)50(45-18-10-20-47-48(45)42-16-6-8-19-46(42)51-47)38-25-23-33(24-26-38)35-13-9-14-36(29-35)37-22-21-32-11-3-4-12-34(32)30-37/h3-31H,1-2H3. The van der Waals surface area contributed by atoms with Crippen molar-refractivity contribution in [3.8, 4) is 33.4 Å². The number of benzene rings is 8. The van der Waals surface area contributed by atoms with Crippen LogP contribution in [0.4, 0.5) is 17.1 Å². The molecular weight excluding hydrogens is 619 g/mol. The summed E-state index contributed by atoms with van der Waals surface area (Å²) >= 11 is 0. The van der Waals surface area contributed by atoms with Gasteiger partial charge in [0, 0.05) is 22.2 Å². The molecule has 0 unspecified atom stereocenters. The zero-order chi connectivity index (χ0) is 34.1. The Bertz CT molecular complexity index is 2780. The maximum absolute atomic E-state index is 6.39. The van der Waals surface area contributed by atoms with Crippen LogP contribution < -0.4 is 4.90 Å². The number of anilines is 3. The smallest absolute Gasteiger partial charge is 0.137 e. The highest BCUT2D eigenvalue weighted by atomic mass is 16.3. The van der Waals surface area contributed by atoms with Crippen molar-refractivity contribution in [1.82, 2.24) is 0 Å². The SMILES string of the molecule is CC1(C)c2ccccc2-c2ccc(N(c3ccc(-c4cccc(-c5ccc6ccccc6c5)c4)cc3)c3cccc4oc5ccccc5c34)cc21. The summed E-state index contributed by atoms with van der Waals surface area (Å²) in [5.41, 5.74) is 15.2. The van der Waals surface area contributed by atoms with Gasteiger partial charge in [-0.25, -0.2) is 0 Å². The zero-order valence-electron chi connectivity index (χ0n) is 28.6. The minimum atomic E-state index is -0.109. The lowest BCUT2D eigenvalue weighted by atomic mass is 9.82. The Kier molecular flexibility index (Phi) is 6.56. The summed E-state index contributed by atoms with van der Waals surface area (Å²) in [4.78, 5) is 2.40. The summed E-state index contributed by atoms with van der Waals surface area (Å²) < 4.78 is 6.39. The molecule has 0 aliphatic heterocycles. The van der Waals surface area contributed by atoms with Crippen LogP contribution in [0, 0.1) is 0 Å². The predicted octanol–water partition coefficient (Wildman–Crippen LogP) is 13.8. The fourth-order valence-corrected chi connectivity index (χ4v) is 8.25. The second-order valence-electron chi connectivity index (χ2n) is 14.2. The molecule has 51 heavy (non-hydrogen) atoms. The van der Waals surface area contributed by atoms with Crippen LogP contribution in [-0.2, 0) is 5.41 Å². The lowest BCUT2D eigenvalue weighted by Crippen LogP contribution is -2.16. The summed E-state index contributed by atoms with van der Waals surface area (Å²) in [6.45, 7) is 4.69. The van der Waals surface area contributed by atoms with Crippen LogP contribution >= 0.6 is 0 Å². The lowest BCUT2D eigenvalue weighted by Gasteiger charge is -2.28. The van der Waals surface area contributed by atoms with E-state index < -0.39 is 0 Å². The Morgan fingerprint density at radius 1 is 0.431 bits per heavy atom. The molecule has 2 heteroatoms. The third kappa shape index (κ3) is 4.71. The van der Waals surface area contributed by atoms with Gasteiger partial charge in [-0.1, -0.05) is 135 Å². The molecule has 0 amide bonds. The first-order chi connectivity index (χ1) is 25.0. The molecule has 0 radical (unpaired) electrons. The number of rotatable bonds is 5. The Balaban J connectivity index is 1.11. The van der Waals surface area contributed by atoms with E-state index in [4.69, 9.17) is 4.42 Å². The summed E-state index contributed by atoms with van der Waals surface area (Å²) in [5, 5.41) is 4.74. The first-order valence-corrected chi connectivity index (χ1v) is 17.7. The highest BCUT2D eigenvalue weighted by Gasteiger charge is 2.36. The van der Waals surface area contributed by atoms with E-state index in [0.717, 1.165) is 39.0 Å². The first kappa shape index (κ1) is 29.5. The number of hydrogen-bond acceptors (Lipinski definition) is 2. The van der Waals surface area contributed by atoms with Crippen LogP contribution in [0.5, 0.6) is 0 Å². The molecule has 242 valence electrons. The van der Waals surface area contributed by atoms with Crippen LogP contribution in [0.3, 0.4) is 0 Å². The number of fused-ring (bicyclic) bond motifs is 7. The third-order valence-corrected chi connectivity index (χ3v) is 10.9. The Labute approximate surface area is 297 Å². The number of nitrogens with zero attached hydrogens (tertiary/aromatic N) is 1. The quantitative estimate of drug-likeness (QED) is 0.184. The fraction of sp³-hybridized carbons (Fsp3) is 0.0612. The molecule has 0 saturated heterocycles. The molecule has 0 fully saturated rings. The molecule has 10 rings (SSSR count). The lowest BCUT2D eigenvalue weighted by molar-refractivity contribution is 0.660. The van der Waals surface area contributed by atoms with E-state index in [2.05, 4.69) is 189 Å². The van der Waals surface area contributed by atoms with Gasteiger partial charge in [0.1, 0.15) is 11.2 Å². The van der Waals surface area contributed by atoms with Crippen molar-refractivity contribution in [1.29, 1.82) is 0 Å². The normalized spacial score (nSPS) is 13.1. The maximum atomic E-state index is 6.39. The van der Waals surface area contributed by atoms with E-state index in [9.17, 15) is 0 Å². The van der Waals surface area contributed by atoms with Crippen molar-refractivity contribution in [2.45, 2.75) is 19.3 Å². The molecule has 1 aliphatic rings. The molecule has 0 bridgehead atoms. The first-order valence-electron chi connectivity index (χ1n) is 17.7. The summed E-state index contributed by atoms with van der Waals surface area (Å²) in [7, 11) is 0. The summed E-state index contributed by atoms with van der Waals surface area (Å²) in [6, 6.07) is 63.7. The minimum absolute atomic E-state index is 0.109. The highest BCUT2D eigenvalue weighted by molar-refractivity contribution is 6.13. The molecule has 8 aromatic carbocycles. The zero-order valence-corrected chi connectivity index (χ0v) is 28.6. The van der Waals surface area contributed by atoms with Crippen molar-refractivity contribution < 1.29 is 4.42 Å². The van der Waals surface area contributed by atoms with Gasteiger partial charge in [-0.3, -0.25) is 0 Å². The largest absolute Gasteiger partial charge is 0.456 e. The molecule has 1 aliphatic carbocycles. The predicted molar refractivity (Wildman–Crippen MR) is 214 cm³/mol. The molecule has 2 nitrogen and oxygen atoms in total. The third-order valence-electron chi connectivity index (χ3n) is 10.9. The molecule has 1 heterocycles. The van der Waals surface area contributed by atoms with Gasteiger partial charge >= 0.3 is 0 Å². The van der Waals surface area contributed by atoms with Gasteiger partial charge < -0.3 is 9.32 Å². The molecule has 0 spiro atoms. The van der Waals surface area contributed by atoms with Crippen molar-refractivity contribution in [2.75, 3.05) is 4.90 Å². The van der Waals surface area contributed by atoms with E-state index >= 15 is 0 Å². The maximum Gasteiger partial charge on any atom is 0.137 e. The molecule has 1 aromatic heterocycles. The van der Waals surface area contributed by atoms with Crippen molar-refractivity contribution in [3.63, 3.8) is 0 Å². The van der Waals surface area contributed by atoms with Gasteiger partial charge in [0.25, 0.3) is 0 Å². The topological polar surface area (TPSA) is 16.4 Å². The number of para-hydroxylation sites is 1. The van der Waals surface area contributed by atoms with Crippen LogP contribution in [0.1, 0.15) is 25.0 Å². The van der Waals surface area contributed by atoms with Crippen LogP contribution in [0.15, 0.2) is 180 Å². The van der Waals surface area contributed by atoms with Gasteiger partial charge in [0.05, 0.1) is 11.1 Å². The van der Waals surface area contributed by atoms with E-state index in [0.29, 0.717) is 0 Å². The summed E-state index contributed by atoms with van der Waals surface area (Å²) in [5.74, 6) is 0. The Morgan fingerprint density at radius 2 is 1.08 bits per heavy atom. The summed E-state index contributed by atoms with van der Waals surface area (Å²) in [6.07, 6.45) is 0.